The zero-order valence-corrected chi connectivity index (χ0v) is 12.1. The highest BCUT2D eigenvalue weighted by Crippen LogP contribution is 2.25. The summed E-state index contributed by atoms with van der Waals surface area (Å²) in [6, 6.07) is 9.37. The molecule has 1 aromatic rings. The fraction of sp³-hybridized carbons (Fsp3) is 0.500. The van der Waals surface area contributed by atoms with Crippen LogP contribution in [0.15, 0.2) is 30.3 Å². The molecule has 0 heterocycles. The van der Waals surface area contributed by atoms with E-state index in [-0.39, 0.29) is 17.9 Å². The standard InChI is InChI=1S/C16H21NO4/c1-21-14(11-5-3-2-4-6-11)15(18)17-13-9-7-12(8-10-13)16(19)20/h2-6,12-14H,7-10H2,1H3,(H,17,18)(H,19,20)/t12?,13?,14-/m1/s1. The molecular formula is C16H21NO4. The van der Waals surface area contributed by atoms with Gasteiger partial charge in [0.25, 0.3) is 5.91 Å². The molecule has 1 fully saturated rings. The van der Waals surface area contributed by atoms with Crippen molar-refractivity contribution in [2.75, 3.05) is 7.11 Å². The van der Waals surface area contributed by atoms with Gasteiger partial charge in [0, 0.05) is 13.2 Å². The molecule has 0 aliphatic heterocycles. The second kappa shape index (κ2) is 7.22. The van der Waals surface area contributed by atoms with E-state index in [4.69, 9.17) is 9.84 Å². The number of carboxylic acids is 1. The zero-order valence-electron chi connectivity index (χ0n) is 12.1. The molecule has 0 unspecified atom stereocenters. The number of aliphatic carboxylic acids is 1. The van der Waals surface area contributed by atoms with E-state index in [1.807, 2.05) is 30.3 Å². The van der Waals surface area contributed by atoms with Crippen LogP contribution in [0, 0.1) is 5.92 Å². The summed E-state index contributed by atoms with van der Waals surface area (Å²) < 4.78 is 5.29. The first-order valence-electron chi connectivity index (χ1n) is 7.22. The number of hydrogen-bond donors (Lipinski definition) is 2. The summed E-state index contributed by atoms with van der Waals surface area (Å²) in [4.78, 5) is 23.2. The van der Waals surface area contributed by atoms with E-state index >= 15 is 0 Å². The number of benzene rings is 1. The molecule has 2 N–H and O–H groups in total. The largest absolute Gasteiger partial charge is 0.481 e. The number of nitrogens with one attached hydrogen (secondary N) is 1. The summed E-state index contributed by atoms with van der Waals surface area (Å²) in [5, 5.41) is 11.9. The van der Waals surface area contributed by atoms with Crippen molar-refractivity contribution in [3.05, 3.63) is 35.9 Å². The van der Waals surface area contributed by atoms with Crippen molar-refractivity contribution in [1.29, 1.82) is 0 Å². The maximum Gasteiger partial charge on any atom is 0.306 e. The lowest BCUT2D eigenvalue weighted by atomic mass is 9.86. The molecule has 1 aliphatic rings. The third-order valence-electron chi connectivity index (χ3n) is 4.00. The van der Waals surface area contributed by atoms with Gasteiger partial charge in [-0.3, -0.25) is 9.59 Å². The van der Waals surface area contributed by atoms with Gasteiger partial charge in [0.15, 0.2) is 6.10 Å². The Hall–Kier alpha value is -1.88. The van der Waals surface area contributed by atoms with Gasteiger partial charge in [-0.15, -0.1) is 0 Å². The molecule has 1 saturated carbocycles. The minimum atomic E-state index is -0.737. The lowest BCUT2D eigenvalue weighted by Crippen LogP contribution is -2.41. The van der Waals surface area contributed by atoms with E-state index < -0.39 is 12.1 Å². The van der Waals surface area contributed by atoms with Crippen molar-refractivity contribution in [3.63, 3.8) is 0 Å². The van der Waals surface area contributed by atoms with Gasteiger partial charge in [-0.05, 0) is 31.2 Å². The summed E-state index contributed by atoms with van der Waals surface area (Å²) >= 11 is 0. The molecule has 1 aliphatic carbocycles. The maximum absolute atomic E-state index is 12.3. The average Bonchev–Trinajstić information content (AvgIpc) is 2.49. The Balaban J connectivity index is 1.91. The lowest BCUT2D eigenvalue weighted by molar-refractivity contribution is -0.142. The number of ether oxygens (including phenoxy) is 1. The van der Waals surface area contributed by atoms with Crippen LogP contribution >= 0.6 is 0 Å². The van der Waals surface area contributed by atoms with E-state index in [1.54, 1.807) is 0 Å². The van der Waals surface area contributed by atoms with Crippen molar-refractivity contribution < 1.29 is 19.4 Å². The summed E-state index contributed by atoms with van der Waals surface area (Å²) in [5.41, 5.74) is 0.816. The highest BCUT2D eigenvalue weighted by atomic mass is 16.5. The Morgan fingerprint density at radius 2 is 1.81 bits per heavy atom. The minimum Gasteiger partial charge on any atom is -0.481 e. The topological polar surface area (TPSA) is 75.6 Å². The van der Waals surface area contributed by atoms with Crippen LogP contribution in [-0.4, -0.2) is 30.1 Å². The Bertz CT molecular complexity index is 480. The predicted octanol–water partition coefficient (Wildman–Crippen LogP) is 2.13. The van der Waals surface area contributed by atoms with E-state index in [9.17, 15) is 9.59 Å². The third kappa shape index (κ3) is 4.04. The molecule has 1 amide bonds. The monoisotopic (exact) mass is 291 g/mol. The number of methoxy groups -OCH3 is 1. The Morgan fingerprint density at radius 3 is 2.33 bits per heavy atom. The lowest BCUT2D eigenvalue weighted by Gasteiger charge is -2.28. The van der Waals surface area contributed by atoms with Crippen LogP contribution in [0.3, 0.4) is 0 Å². The molecule has 21 heavy (non-hydrogen) atoms. The Morgan fingerprint density at radius 1 is 1.19 bits per heavy atom. The van der Waals surface area contributed by atoms with Crippen molar-refractivity contribution in [3.8, 4) is 0 Å². The van der Waals surface area contributed by atoms with E-state index in [0.29, 0.717) is 25.7 Å². The van der Waals surface area contributed by atoms with Gasteiger partial charge in [-0.1, -0.05) is 30.3 Å². The molecule has 1 atom stereocenters. The third-order valence-corrected chi connectivity index (χ3v) is 4.00. The van der Waals surface area contributed by atoms with Crippen LogP contribution in [0.25, 0.3) is 0 Å². The molecule has 0 aromatic heterocycles. The van der Waals surface area contributed by atoms with Gasteiger partial charge in [-0.2, -0.15) is 0 Å². The first kappa shape index (κ1) is 15.5. The van der Waals surface area contributed by atoms with Crippen molar-refractivity contribution in [1.82, 2.24) is 5.32 Å². The Labute approximate surface area is 124 Å². The fourth-order valence-electron chi connectivity index (χ4n) is 2.78. The first-order valence-corrected chi connectivity index (χ1v) is 7.22. The first-order chi connectivity index (χ1) is 10.1. The molecule has 0 spiro atoms. The highest BCUT2D eigenvalue weighted by molar-refractivity contribution is 5.82. The SMILES string of the molecule is CO[C@@H](C(=O)NC1CCC(C(=O)O)CC1)c1ccccc1. The van der Waals surface area contributed by atoms with Gasteiger partial charge >= 0.3 is 5.97 Å². The van der Waals surface area contributed by atoms with E-state index in [1.165, 1.54) is 7.11 Å². The molecule has 0 bridgehead atoms. The van der Waals surface area contributed by atoms with Gasteiger partial charge < -0.3 is 15.2 Å². The predicted molar refractivity (Wildman–Crippen MR) is 77.7 cm³/mol. The van der Waals surface area contributed by atoms with Crippen LogP contribution in [-0.2, 0) is 14.3 Å². The normalized spacial score (nSPS) is 23.3. The number of hydrogen-bond acceptors (Lipinski definition) is 3. The van der Waals surface area contributed by atoms with Crippen molar-refractivity contribution >= 4 is 11.9 Å². The van der Waals surface area contributed by atoms with Gasteiger partial charge in [0.1, 0.15) is 0 Å². The van der Waals surface area contributed by atoms with Crippen LogP contribution < -0.4 is 5.32 Å². The molecule has 5 heteroatoms. The van der Waals surface area contributed by atoms with Crippen LogP contribution in [0.2, 0.25) is 0 Å². The smallest absolute Gasteiger partial charge is 0.306 e. The molecule has 2 rings (SSSR count). The van der Waals surface area contributed by atoms with E-state index in [0.717, 1.165) is 5.56 Å². The molecule has 1 aromatic carbocycles. The van der Waals surface area contributed by atoms with Crippen LogP contribution in [0.4, 0.5) is 0 Å². The molecule has 114 valence electrons. The quantitative estimate of drug-likeness (QED) is 0.871. The number of carbonyl (C=O) groups excluding carboxylic acids is 1. The molecular weight excluding hydrogens is 270 g/mol. The van der Waals surface area contributed by atoms with Crippen LogP contribution in [0.1, 0.15) is 37.4 Å². The fourth-order valence-corrected chi connectivity index (χ4v) is 2.78. The van der Waals surface area contributed by atoms with Crippen molar-refractivity contribution in [2.45, 2.75) is 37.8 Å². The number of carbonyl (C=O) groups is 2. The number of carboxylic acid groups (broad SMARTS) is 1. The number of rotatable bonds is 5. The van der Waals surface area contributed by atoms with Gasteiger partial charge in [-0.25, -0.2) is 0 Å². The highest BCUT2D eigenvalue weighted by Gasteiger charge is 2.28. The summed E-state index contributed by atoms with van der Waals surface area (Å²) in [5.74, 6) is -1.17. The summed E-state index contributed by atoms with van der Waals surface area (Å²) in [6.07, 6.45) is 2.01. The Kier molecular flexibility index (Phi) is 5.33. The molecule has 0 saturated heterocycles. The second-order valence-corrected chi connectivity index (χ2v) is 5.42. The minimum absolute atomic E-state index is 0.0365. The molecule has 5 nitrogen and oxygen atoms in total. The van der Waals surface area contributed by atoms with Gasteiger partial charge in [0.2, 0.25) is 0 Å². The molecule has 0 radical (unpaired) electrons. The van der Waals surface area contributed by atoms with E-state index in [2.05, 4.69) is 5.32 Å². The number of amides is 1. The van der Waals surface area contributed by atoms with Crippen LogP contribution in [0.5, 0.6) is 0 Å². The van der Waals surface area contributed by atoms with Crippen molar-refractivity contribution in [2.24, 2.45) is 5.92 Å². The summed E-state index contributed by atoms with van der Waals surface area (Å²) in [6.45, 7) is 0. The maximum atomic E-state index is 12.3. The van der Waals surface area contributed by atoms with Gasteiger partial charge in [0.05, 0.1) is 5.92 Å². The summed E-state index contributed by atoms with van der Waals surface area (Å²) in [7, 11) is 1.51. The second-order valence-electron chi connectivity index (χ2n) is 5.42. The zero-order chi connectivity index (χ0) is 15.2. The average molecular weight is 291 g/mol.